The summed E-state index contributed by atoms with van der Waals surface area (Å²) in [4.78, 5) is 11.4. The summed E-state index contributed by atoms with van der Waals surface area (Å²) in [5, 5.41) is 1.71. The number of aromatic nitrogens is 2. The molecule has 136 valence electrons. The molecule has 7 heteroatoms. The van der Waals surface area contributed by atoms with Gasteiger partial charge in [-0.1, -0.05) is 30.0 Å². The molecule has 0 amide bonds. The van der Waals surface area contributed by atoms with Gasteiger partial charge in [0.15, 0.2) is 5.16 Å². The number of para-hydroxylation sites is 1. The van der Waals surface area contributed by atoms with Gasteiger partial charge in [-0.05, 0) is 31.5 Å². The normalized spacial score (nSPS) is 15.8. The Morgan fingerprint density at radius 2 is 2.08 bits per heavy atom. The number of nitrogens with zero attached hydrogens (tertiary/aromatic N) is 2. The molecule has 1 aliphatic heterocycles. The summed E-state index contributed by atoms with van der Waals surface area (Å²) in [5.41, 5.74) is 7.36. The minimum atomic E-state index is -0.171. The fourth-order valence-corrected chi connectivity index (χ4v) is 4.86. The Morgan fingerprint density at radius 1 is 1.27 bits per heavy atom. The molecular weight excluding hydrogens is 366 g/mol. The van der Waals surface area contributed by atoms with E-state index in [2.05, 4.69) is 18.8 Å². The summed E-state index contributed by atoms with van der Waals surface area (Å²) in [5.74, 6) is 2.20. The van der Waals surface area contributed by atoms with Crippen molar-refractivity contribution >= 4 is 39.1 Å². The van der Waals surface area contributed by atoms with Crippen molar-refractivity contribution in [3.63, 3.8) is 0 Å². The summed E-state index contributed by atoms with van der Waals surface area (Å²) < 4.78 is 11.6. The Labute approximate surface area is 160 Å². The Kier molecular flexibility index (Phi) is 4.77. The van der Waals surface area contributed by atoms with Crippen LogP contribution in [0.2, 0.25) is 0 Å². The number of hydrogen-bond donors (Lipinski definition) is 1. The van der Waals surface area contributed by atoms with Crippen LogP contribution in [0, 0.1) is 0 Å². The lowest BCUT2D eigenvalue weighted by molar-refractivity contribution is -0.0379. The second kappa shape index (κ2) is 7.06. The molecule has 1 aliphatic rings. The summed E-state index contributed by atoms with van der Waals surface area (Å²) in [6.45, 7) is 5.43. The molecule has 0 aliphatic carbocycles. The van der Waals surface area contributed by atoms with Crippen LogP contribution in [0.15, 0.2) is 35.5 Å². The van der Waals surface area contributed by atoms with Gasteiger partial charge in [-0.2, -0.15) is 0 Å². The first-order valence-electron chi connectivity index (χ1n) is 8.54. The van der Waals surface area contributed by atoms with Gasteiger partial charge in [-0.25, -0.2) is 9.97 Å². The van der Waals surface area contributed by atoms with Crippen molar-refractivity contribution in [3.8, 4) is 5.75 Å². The molecule has 4 rings (SSSR count). The molecule has 0 atom stereocenters. The van der Waals surface area contributed by atoms with Crippen LogP contribution >= 0.6 is 23.1 Å². The smallest absolute Gasteiger partial charge is 0.191 e. The Hall–Kier alpha value is -1.83. The maximum absolute atomic E-state index is 6.28. The number of nitrogen functional groups attached to an aromatic ring is 1. The average Bonchev–Trinajstić information content (AvgIpc) is 2.96. The van der Waals surface area contributed by atoms with Crippen LogP contribution in [-0.4, -0.2) is 27.9 Å². The van der Waals surface area contributed by atoms with Crippen LogP contribution in [0.1, 0.15) is 24.3 Å². The molecule has 0 fully saturated rings. The van der Waals surface area contributed by atoms with E-state index in [0.717, 1.165) is 28.1 Å². The van der Waals surface area contributed by atoms with Crippen molar-refractivity contribution in [2.24, 2.45) is 0 Å². The van der Waals surface area contributed by atoms with Gasteiger partial charge in [0.25, 0.3) is 0 Å². The van der Waals surface area contributed by atoms with Gasteiger partial charge in [0.1, 0.15) is 16.4 Å². The van der Waals surface area contributed by atoms with Crippen LogP contribution in [-0.2, 0) is 17.8 Å². The molecule has 5 nitrogen and oxygen atoms in total. The highest BCUT2D eigenvalue weighted by atomic mass is 32.2. The lowest BCUT2D eigenvalue weighted by atomic mass is 9.94. The topological polar surface area (TPSA) is 70.3 Å². The highest BCUT2D eigenvalue weighted by Crippen LogP contribution is 2.40. The predicted octanol–water partition coefficient (Wildman–Crippen LogP) is 4.30. The van der Waals surface area contributed by atoms with Crippen molar-refractivity contribution in [3.05, 3.63) is 40.8 Å². The zero-order valence-corrected chi connectivity index (χ0v) is 16.5. The molecule has 0 unspecified atom stereocenters. The van der Waals surface area contributed by atoms with Crippen LogP contribution in [0.5, 0.6) is 5.75 Å². The van der Waals surface area contributed by atoms with E-state index in [-0.39, 0.29) is 5.60 Å². The zero-order valence-electron chi connectivity index (χ0n) is 14.8. The molecule has 0 bridgehead atoms. The van der Waals surface area contributed by atoms with Crippen LogP contribution in [0.25, 0.3) is 10.2 Å². The third kappa shape index (κ3) is 3.65. The van der Waals surface area contributed by atoms with Gasteiger partial charge in [0.2, 0.25) is 0 Å². The first-order valence-corrected chi connectivity index (χ1v) is 10.3. The second-order valence-corrected chi connectivity index (χ2v) is 8.96. The first kappa shape index (κ1) is 17.6. The number of nitrogens with two attached hydrogens (primary N) is 1. The van der Waals surface area contributed by atoms with E-state index in [9.17, 15) is 0 Å². The summed E-state index contributed by atoms with van der Waals surface area (Å²) >= 11 is 3.23. The summed E-state index contributed by atoms with van der Waals surface area (Å²) in [7, 11) is 0. The molecule has 0 radical (unpaired) electrons. The number of fused-ring (bicyclic) bond motifs is 3. The van der Waals surface area contributed by atoms with Gasteiger partial charge in [-0.15, -0.1) is 11.3 Å². The summed E-state index contributed by atoms with van der Waals surface area (Å²) in [6.07, 6.45) is 0.841. The lowest BCUT2D eigenvalue weighted by Gasteiger charge is -2.30. The van der Waals surface area contributed by atoms with E-state index in [4.69, 9.17) is 20.2 Å². The van der Waals surface area contributed by atoms with E-state index < -0.39 is 0 Å². The molecule has 0 spiro atoms. The maximum atomic E-state index is 6.28. The first-order chi connectivity index (χ1) is 12.5. The predicted molar refractivity (Wildman–Crippen MR) is 107 cm³/mol. The number of anilines is 1. The van der Waals surface area contributed by atoms with Crippen molar-refractivity contribution in [1.29, 1.82) is 0 Å². The van der Waals surface area contributed by atoms with Gasteiger partial charge in [0, 0.05) is 17.1 Å². The third-order valence-corrected chi connectivity index (χ3v) is 6.18. The van der Waals surface area contributed by atoms with E-state index in [1.165, 1.54) is 10.4 Å². The number of thioether (sulfide) groups is 1. The molecule has 3 aromatic rings. The zero-order chi connectivity index (χ0) is 18.1. The monoisotopic (exact) mass is 387 g/mol. The Bertz CT molecular complexity index is 925. The third-order valence-electron chi connectivity index (χ3n) is 4.26. The van der Waals surface area contributed by atoms with E-state index in [0.29, 0.717) is 24.2 Å². The van der Waals surface area contributed by atoms with Crippen LogP contribution in [0.3, 0.4) is 0 Å². The largest absolute Gasteiger partial charge is 0.493 e. The lowest BCUT2D eigenvalue weighted by Crippen LogP contribution is -2.31. The molecule has 0 saturated heterocycles. The molecule has 0 saturated carbocycles. The molecule has 1 aromatic carbocycles. The average molecular weight is 388 g/mol. The number of ether oxygens (including phenoxy) is 2. The van der Waals surface area contributed by atoms with E-state index >= 15 is 0 Å². The Morgan fingerprint density at radius 3 is 2.88 bits per heavy atom. The minimum absolute atomic E-state index is 0.171. The highest BCUT2D eigenvalue weighted by Gasteiger charge is 2.30. The fourth-order valence-electron chi connectivity index (χ4n) is 3.03. The summed E-state index contributed by atoms with van der Waals surface area (Å²) in [6, 6.07) is 9.80. The molecule has 3 heterocycles. The number of thiophene rings is 1. The quantitative estimate of drug-likeness (QED) is 0.400. The van der Waals surface area contributed by atoms with Crippen molar-refractivity contribution in [2.45, 2.75) is 37.6 Å². The molecular formula is C19H21N3O2S2. The molecule has 2 N–H and O–H groups in total. The number of rotatable bonds is 5. The number of hydrogen-bond acceptors (Lipinski definition) is 7. The van der Waals surface area contributed by atoms with Crippen molar-refractivity contribution < 1.29 is 9.47 Å². The SMILES string of the molecule is CC1(C)Cc2c(sc3nc(SCCOc4ccccc4)nc(N)c23)CO1. The van der Waals surface area contributed by atoms with Crippen LogP contribution in [0.4, 0.5) is 5.82 Å². The maximum Gasteiger partial charge on any atom is 0.191 e. The van der Waals surface area contributed by atoms with Gasteiger partial charge in [-0.3, -0.25) is 0 Å². The van der Waals surface area contributed by atoms with Crippen LogP contribution < -0.4 is 10.5 Å². The fraction of sp³-hybridized carbons (Fsp3) is 0.368. The van der Waals surface area contributed by atoms with E-state index in [1.54, 1.807) is 23.1 Å². The minimum Gasteiger partial charge on any atom is -0.493 e. The Balaban J connectivity index is 1.47. The molecule has 2 aromatic heterocycles. The standard InChI is InChI=1S/C19H21N3O2S2/c1-19(2)10-13-14(11-24-19)26-17-15(13)16(20)21-18(22-17)25-9-8-23-12-6-4-3-5-7-12/h3-7H,8-11H2,1-2H3,(H2,20,21,22). The van der Waals surface area contributed by atoms with Crippen molar-refractivity contribution in [1.82, 2.24) is 9.97 Å². The van der Waals surface area contributed by atoms with Crippen molar-refractivity contribution in [2.75, 3.05) is 18.1 Å². The van der Waals surface area contributed by atoms with Gasteiger partial charge >= 0.3 is 0 Å². The van der Waals surface area contributed by atoms with E-state index in [1.807, 2.05) is 30.3 Å². The second-order valence-electron chi connectivity index (χ2n) is 6.81. The molecule has 26 heavy (non-hydrogen) atoms. The number of benzene rings is 1. The van der Waals surface area contributed by atoms with Gasteiger partial charge in [0.05, 0.1) is 24.2 Å². The highest BCUT2D eigenvalue weighted by molar-refractivity contribution is 7.99. The van der Waals surface area contributed by atoms with Gasteiger partial charge < -0.3 is 15.2 Å².